The van der Waals surface area contributed by atoms with Gasteiger partial charge in [-0.05, 0) is 61.3 Å². The first kappa shape index (κ1) is 23.8. The molecule has 0 aliphatic carbocycles. The lowest BCUT2D eigenvalue weighted by Crippen LogP contribution is -2.18. The summed E-state index contributed by atoms with van der Waals surface area (Å²) in [5.74, 6) is 2.74. The second kappa shape index (κ2) is 11.2. The van der Waals surface area contributed by atoms with Crippen molar-refractivity contribution in [1.29, 1.82) is 0 Å². The molecule has 0 saturated carbocycles. The third-order valence-corrected chi connectivity index (χ3v) is 5.95. The Morgan fingerprint density at radius 2 is 1.65 bits per heavy atom. The molecule has 0 amide bonds. The SMILES string of the molecule is COc1cc(-c2nc(-c3cccc(CN4CCCC4)c3)n[nH]2)ccc1OCc1ccccc1.Cl. The van der Waals surface area contributed by atoms with E-state index >= 15 is 0 Å². The third kappa shape index (κ3) is 5.58. The number of hydrogen-bond donors (Lipinski definition) is 1. The highest BCUT2D eigenvalue weighted by Gasteiger charge is 2.14. The minimum absolute atomic E-state index is 0. The summed E-state index contributed by atoms with van der Waals surface area (Å²) in [7, 11) is 1.65. The van der Waals surface area contributed by atoms with Crippen LogP contribution in [-0.2, 0) is 13.2 Å². The number of ether oxygens (including phenoxy) is 2. The van der Waals surface area contributed by atoms with Crippen molar-refractivity contribution in [3.63, 3.8) is 0 Å². The van der Waals surface area contributed by atoms with Gasteiger partial charge >= 0.3 is 0 Å². The molecule has 0 radical (unpaired) electrons. The molecule has 1 aliphatic rings. The largest absolute Gasteiger partial charge is 0.493 e. The number of methoxy groups -OCH3 is 1. The Labute approximate surface area is 206 Å². The maximum absolute atomic E-state index is 5.97. The van der Waals surface area contributed by atoms with Crippen LogP contribution < -0.4 is 9.47 Å². The maximum atomic E-state index is 5.97. The van der Waals surface area contributed by atoms with Crippen molar-refractivity contribution >= 4 is 12.4 Å². The normalized spacial score (nSPS) is 13.4. The number of nitrogens with one attached hydrogen (secondary N) is 1. The molecule has 34 heavy (non-hydrogen) atoms. The molecule has 6 nitrogen and oxygen atoms in total. The Balaban J connectivity index is 0.00000274. The zero-order valence-electron chi connectivity index (χ0n) is 19.2. The van der Waals surface area contributed by atoms with Crippen molar-refractivity contribution in [2.24, 2.45) is 0 Å². The van der Waals surface area contributed by atoms with Crippen LogP contribution in [0.25, 0.3) is 22.8 Å². The van der Waals surface area contributed by atoms with E-state index in [4.69, 9.17) is 14.5 Å². The van der Waals surface area contributed by atoms with Crippen LogP contribution >= 0.6 is 12.4 Å². The van der Waals surface area contributed by atoms with Crippen molar-refractivity contribution in [1.82, 2.24) is 20.1 Å². The summed E-state index contributed by atoms with van der Waals surface area (Å²) in [6.45, 7) is 3.83. The highest BCUT2D eigenvalue weighted by atomic mass is 35.5. The molecule has 0 bridgehead atoms. The summed E-state index contributed by atoms with van der Waals surface area (Å²) in [6, 6.07) is 24.4. The Kier molecular flexibility index (Phi) is 7.83. The molecule has 4 aromatic rings. The number of rotatable bonds is 8. The predicted molar refractivity (Wildman–Crippen MR) is 136 cm³/mol. The Hall–Kier alpha value is -3.35. The fourth-order valence-corrected chi connectivity index (χ4v) is 4.20. The van der Waals surface area contributed by atoms with Crippen LogP contribution in [0.1, 0.15) is 24.0 Å². The molecular formula is C27H29ClN4O2. The topological polar surface area (TPSA) is 63.3 Å². The number of hydrogen-bond acceptors (Lipinski definition) is 5. The van der Waals surface area contributed by atoms with Gasteiger partial charge in [-0.1, -0.05) is 48.5 Å². The average molecular weight is 477 g/mol. The van der Waals surface area contributed by atoms with Crippen LogP contribution in [0.15, 0.2) is 72.8 Å². The number of likely N-dealkylation sites (tertiary alicyclic amines) is 1. The summed E-state index contributed by atoms with van der Waals surface area (Å²) in [6.07, 6.45) is 2.59. The van der Waals surface area contributed by atoms with Gasteiger partial charge in [0.2, 0.25) is 0 Å². The van der Waals surface area contributed by atoms with Gasteiger partial charge in [0.15, 0.2) is 23.1 Å². The molecule has 3 aromatic carbocycles. The van der Waals surface area contributed by atoms with Crippen molar-refractivity contribution < 1.29 is 9.47 Å². The lowest BCUT2D eigenvalue weighted by molar-refractivity contribution is 0.284. The number of benzene rings is 3. The molecule has 7 heteroatoms. The van der Waals surface area contributed by atoms with Crippen molar-refractivity contribution in [3.8, 4) is 34.3 Å². The van der Waals surface area contributed by atoms with E-state index in [1.165, 1.54) is 31.5 Å². The molecule has 2 heterocycles. The maximum Gasteiger partial charge on any atom is 0.181 e. The standard InChI is InChI=1S/C27H28N4O2.ClH/c1-32-25-17-23(12-13-24(25)33-19-20-8-3-2-4-9-20)27-28-26(29-30-27)22-11-7-10-21(16-22)18-31-14-5-6-15-31;/h2-4,7-13,16-17H,5-6,14-15,18-19H2,1H3,(H,28,29,30);1H. The zero-order chi connectivity index (χ0) is 22.5. The second-order valence-electron chi connectivity index (χ2n) is 8.33. The third-order valence-electron chi connectivity index (χ3n) is 5.95. The molecule has 0 atom stereocenters. The Bertz CT molecular complexity index is 1210. The van der Waals surface area contributed by atoms with E-state index in [1.54, 1.807) is 7.11 Å². The van der Waals surface area contributed by atoms with Crippen molar-refractivity contribution in [2.75, 3.05) is 20.2 Å². The van der Waals surface area contributed by atoms with E-state index in [-0.39, 0.29) is 12.4 Å². The molecule has 5 rings (SSSR count). The molecule has 0 spiro atoms. The highest BCUT2D eigenvalue weighted by molar-refractivity contribution is 5.85. The zero-order valence-corrected chi connectivity index (χ0v) is 20.1. The van der Waals surface area contributed by atoms with E-state index in [0.717, 1.165) is 23.2 Å². The molecule has 1 fully saturated rings. The lowest BCUT2D eigenvalue weighted by atomic mass is 10.1. The van der Waals surface area contributed by atoms with E-state index in [0.29, 0.717) is 29.8 Å². The monoisotopic (exact) mass is 476 g/mol. The van der Waals surface area contributed by atoms with Gasteiger partial charge in [0.25, 0.3) is 0 Å². The van der Waals surface area contributed by atoms with Gasteiger partial charge in [-0.25, -0.2) is 4.98 Å². The number of halogens is 1. The molecule has 176 valence electrons. The molecule has 1 saturated heterocycles. The van der Waals surface area contributed by atoms with Gasteiger partial charge in [-0.3, -0.25) is 10.00 Å². The molecule has 0 unspecified atom stereocenters. The van der Waals surface area contributed by atoms with Crippen molar-refractivity contribution in [2.45, 2.75) is 26.0 Å². The molecular weight excluding hydrogens is 448 g/mol. The molecule has 1 aromatic heterocycles. The molecule has 1 aliphatic heterocycles. The lowest BCUT2D eigenvalue weighted by Gasteiger charge is -2.14. The van der Waals surface area contributed by atoms with Gasteiger partial charge < -0.3 is 9.47 Å². The first-order chi connectivity index (χ1) is 16.3. The van der Waals surface area contributed by atoms with Crippen LogP contribution in [0.5, 0.6) is 11.5 Å². The number of aromatic amines is 1. The minimum atomic E-state index is 0. The summed E-state index contributed by atoms with van der Waals surface area (Å²) < 4.78 is 11.5. The number of aromatic nitrogens is 3. The quantitative estimate of drug-likeness (QED) is 0.351. The Morgan fingerprint density at radius 3 is 2.44 bits per heavy atom. The van der Waals surface area contributed by atoms with Crippen LogP contribution in [-0.4, -0.2) is 40.3 Å². The van der Waals surface area contributed by atoms with Gasteiger partial charge in [-0.15, -0.1) is 12.4 Å². The summed E-state index contributed by atoms with van der Waals surface area (Å²) in [4.78, 5) is 7.24. The number of nitrogens with zero attached hydrogens (tertiary/aromatic N) is 3. The van der Waals surface area contributed by atoms with Gasteiger partial charge in [0, 0.05) is 17.7 Å². The summed E-state index contributed by atoms with van der Waals surface area (Å²) >= 11 is 0. The Morgan fingerprint density at radius 1 is 0.853 bits per heavy atom. The van der Waals surface area contributed by atoms with Gasteiger partial charge in [-0.2, -0.15) is 5.10 Å². The van der Waals surface area contributed by atoms with Crippen LogP contribution in [0.2, 0.25) is 0 Å². The van der Waals surface area contributed by atoms with E-state index < -0.39 is 0 Å². The van der Waals surface area contributed by atoms with Gasteiger partial charge in [0.05, 0.1) is 7.11 Å². The first-order valence-electron chi connectivity index (χ1n) is 11.4. The predicted octanol–water partition coefficient (Wildman–Crippen LogP) is 5.74. The van der Waals surface area contributed by atoms with Crippen LogP contribution in [0.3, 0.4) is 0 Å². The minimum Gasteiger partial charge on any atom is -0.493 e. The second-order valence-corrected chi connectivity index (χ2v) is 8.33. The summed E-state index contributed by atoms with van der Waals surface area (Å²) in [5.41, 5.74) is 4.31. The summed E-state index contributed by atoms with van der Waals surface area (Å²) in [5, 5.41) is 7.54. The van der Waals surface area contributed by atoms with Crippen molar-refractivity contribution in [3.05, 3.63) is 83.9 Å². The van der Waals surface area contributed by atoms with Crippen LogP contribution in [0.4, 0.5) is 0 Å². The van der Waals surface area contributed by atoms with E-state index in [2.05, 4.69) is 39.4 Å². The fourth-order valence-electron chi connectivity index (χ4n) is 4.20. The van der Waals surface area contributed by atoms with Gasteiger partial charge in [0.1, 0.15) is 6.61 Å². The van der Waals surface area contributed by atoms with E-state index in [9.17, 15) is 0 Å². The average Bonchev–Trinajstić information content (AvgIpc) is 3.56. The first-order valence-corrected chi connectivity index (χ1v) is 11.4. The van der Waals surface area contributed by atoms with Crippen LogP contribution in [0, 0.1) is 0 Å². The number of H-pyrrole nitrogens is 1. The highest BCUT2D eigenvalue weighted by Crippen LogP contribution is 2.32. The van der Waals surface area contributed by atoms with E-state index in [1.807, 2.05) is 48.5 Å². The smallest absolute Gasteiger partial charge is 0.181 e. The molecule has 1 N–H and O–H groups in total. The fraction of sp³-hybridized carbons (Fsp3) is 0.259.